The van der Waals surface area contributed by atoms with Gasteiger partial charge in [-0.25, -0.2) is 18.4 Å². The van der Waals surface area contributed by atoms with E-state index in [2.05, 4.69) is 0 Å². The van der Waals surface area contributed by atoms with Crippen LogP contribution in [0.5, 0.6) is 0 Å². The zero-order valence-electron chi connectivity index (χ0n) is 16.4. The summed E-state index contributed by atoms with van der Waals surface area (Å²) in [6, 6.07) is 9.17. The Labute approximate surface area is 163 Å². The third kappa shape index (κ3) is 4.54. The highest BCUT2D eigenvalue weighted by Crippen LogP contribution is 2.42. The molecule has 1 aromatic rings. The Hall–Kier alpha value is -2.38. The fraction of sp³-hybridized carbons (Fsp3) is 0.600. The number of carbonyl (C=O) groups excluding carboxylic acids is 2. The van der Waals surface area contributed by atoms with E-state index in [1.54, 1.807) is 20.8 Å². The number of likely N-dealkylation sites (tertiary alicyclic amines) is 2. The maximum absolute atomic E-state index is 14.6. The van der Waals surface area contributed by atoms with E-state index in [1.165, 1.54) is 9.80 Å². The number of benzene rings is 1. The van der Waals surface area contributed by atoms with E-state index >= 15 is 0 Å². The van der Waals surface area contributed by atoms with E-state index in [-0.39, 0.29) is 32.8 Å². The Morgan fingerprint density at radius 3 is 2.00 bits per heavy atom. The Balaban J connectivity index is 1.62. The Morgan fingerprint density at radius 1 is 1.00 bits per heavy atom. The highest BCUT2D eigenvalue weighted by Gasteiger charge is 2.57. The van der Waals surface area contributed by atoms with Crippen LogP contribution in [0.1, 0.15) is 26.3 Å². The maximum atomic E-state index is 14.6. The lowest BCUT2D eigenvalue weighted by Gasteiger charge is -2.49. The lowest BCUT2D eigenvalue weighted by atomic mass is 9.81. The number of rotatable bonds is 2. The Bertz CT molecular complexity index is 703. The topological polar surface area (TPSA) is 59.1 Å². The van der Waals surface area contributed by atoms with Gasteiger partial charge in [-0.05, 0) is 26.3 Å². The van der Waals surface area contributed by atoms with Crippen LogP contribution in [0.25, 0.3) is 0 Å². The molecule has 2 heterocycles. The molecule has 0 spiro atoms. The largest absolute Gasteiger partial charge is 0.445 e. The van der Waals surface area contributed by atoms with Gasteiger partial charge in [-0.3, -0.25) is 0 Å². The standard InChI is InChI=1S/C20H26F2N2O4/c1-19(2,3)28-18(26)24-11-15-9-23(10-16(12-24)20(15,21)22)17(25)27-13-14-7-5-4-6-8-14/h4-8,15-16H,9-13H2,1-3H3. The molecule has 2 bridgehead atoms. The summed E-state index contributed by atoms with van der Waals surface area (Å²) in [6.07, 6.45) is -1.21. The normalized spacial score (nSPS) is 23.9. The van der Waals surface area contributed by atoms with Crippen molar-refractivity contribution in [1.29, 1.82) is 0 Å². The third-order valence-electron chi connectivity index (χ3n) is 4.97. The van der Waals surface area contributed by atoms with E-state index < -0.39 is 35.5 Å². The Morgan fingerprint density at radius 2 is 1.50 bits per heavy atom. The SMILES string of the molecule is CC(C)(C)OC(=O)N1CC2CN(C(=O)OCc3ccccc3)CC(C1)C2(F)F. The van der Waals surface area contributed by atoms with Crippen molar-refractivity contribution in [3.8, 4) is 0 Å². The molecule has 2 unspecified atom stereocenters. The van der Waals surface area contributed by atoms with Crippen molar-refractivity contribution in [2.45, 2.75) is 38.9 Å². The lowest BCUT2D eigenvalue weighted by Crippen LogP contribution is -2.65. The van der Waals surface area contributed by atoms with Gasteiger partial charge < -0.3 is 19.3 Å². The van der Waals surface area contributed by atoms with Gasteiger partial charge in [0, 0.05) is 26.2 Å². The number of piperidine rings is 2. The average molecular weight is 396 g/mol. The fourth-order valence-electron chi connectivity index (χ4n) is 3.58. The van der Waals surface area contributed by atoms with Crippen LogP contribution in [-0.4, -0.2) is 59.7 Å². The minimum absolute atomic E-state index is 0.0892. The van der Waals surface area contributed by atoms with Crippen LogP contribution >= 0.6 is 0 Å². The molecule has 2 saturated heterocycles. The molecule has 2 aliphatic heterocycles. The van der Waals surface area contributed by atoms with Crippen molar-refractivity contribution in [1.82, 2.24) is 9.80 Å². The predicted molar refractivity (Wildman–Crippen MR) is 97.9 cm³/mol. The van der Waals surface area contributed by atoms with E-state index in [0.717, 1.165) is 5.56 Å². The molecule has 0 aliphatic carbocycles. The molecule has 0 N–H and O–H groups in total. The van der Waals surface area contributed by atoms with E-state index in [9.17, 15) is 18.4 Å². The second kappa shape index (κ2) is 7.56. The summed E-state index contributed by atoms with van der Waals surface area (Å²) < 4.78 is 39.8. The second-order valence-electron chi connectivity index (χ2n) is 8.40. The number of alkyl halides is 2. The minimum atomic E-state index is -2.94. The van der Waals surface area contributed by atoms with Gasteiger partial charge in [0.05, 0.1) is 11.8 Å². The van der Waals surface area contributed by atoms with Crippen molar-refractivity contribution < 1.29 is 27.8 Å². The van der Waals surface area contributed by atoms with Gasteiger partial charge in [0.1, 0.15) is 12.2 Å². The first kappa shape index (κ1) is 20.4. The highest BCUT2D eigenvalue weighted by molar-refractivity contribution is 5.69. The molecule has 2 aliphatic rings. The summed E-state index contributed by atoms with van der Waals surface area (Å²) in [5, 5.41) is 0. The van der Waals surface area contributed by atoms with Gasteiger partial charge in [0.2, 0.25) is 0 Å². The quantitative estimate of drug-likeness (QED) is 0.764. The van der Waals surface area contributed by atoms with Crippen LogP contribution in [-0.2, 0) is 16.1 Å². The Kier molecular flexibility index (Phi) is 5.50. The third-order valence-corrected chi connectivity index (χ3v) is 4.97. The van der Waals surface area contributed by atoms with Crippen molar-refractivity contribution in [3.05, 3.63) is 35.9 Å². The van der Waals surface area contributed by atoms with Crippen LogP contribution in [0.3, 0.4) is 0 Å². The number of carbonyl (C=O) groups is 2. The first-order chi connectivity index (χ1) is 13.1. The van der Waals surface area contributed by atoms with E-state index in [4.69, 9.17) is 9.47 Å². The molecule has 28 heavy (non-hydrogen) atoms. The number of halogens is 2. The first-order valence-corrected chi connectivity index (χ1v) is 9.37. The monoisotopic (exact) mass is 396 g/mol. The van der Waals surface area contributed by atoms with Crippen LogP contribution in [0, 0.1) is 11.8 Å². The average Bonchev–Trinajstić information content (AvgIpc) is 2.58. The fourth-order valence-corrected chi connectivity index (χ4v) is 3.58. The van der Waals surface area contributed by atoms with Crippen LogP contribution < -0.4 is 0 Å². The predicted octanol–water partition coefficient (Wildman–Crippen LogP) is 3.76. The molecule has 1 aromatic carbocycles. The lowest BCUT2D eigenvalue weighted by molar-refractivity contribution is -0.179. The number of hydrogen-bond acceptors (Lipinski definition) is 4. The van der Waals surface area contributed by atoms with Crippen LogP contribution in [0.4, 0.5) is 18.4 Å². The number of nitrogens with zero attached hydrogens (tertiary/aromatic N) is 2. The molecule has 6 nitrogen and oxygen atoms in total. The zero-order valence-corrected chi connectivity index (χ0v) is 16.4. The van der Waals surface area contributed by atoms with E-state index in [0.29, 0.717) is 0 Å². The molecule has 2 atom stereocenters. The molecule has 0 aromatic heterocycles. The zero-order chi connectivity index (χ0) is 20.5. The maximum Gasteiger partial charge on any atom is 0.410 e. The molecular weight excluding hydrogens is 370 g/mol. The summed E-state index contributed by atoms with van der Waals surface area (Å²) in [5.74, 6) is -5.22. The molecule has 2 fully saturated rings. The van der Waals surface area contributed by atoms with Crippen molar-refractivity contribution >= 4 is 12.2 Å². The van der Waals surface area contributed by atoms with Gasteiger partial charge in [-0.2, -0.15) is 0 Å². The van der Waals surface area contributed by atoms with Crippen molar-refractivity contribution in [2.24, 2.45) is 11.8 Å². The van der Waals surface area contributed by atoms with E-state index in [1.807, 2.05) is 30.3 Å². The number of fused-ring (bicyclic) bond motifs is 2. The second-order valence-corrected chi connectivity index (χ2v) is 8.40. The smallest absolute Gasteiger partial charge is 0.410 e. The van der Waals surface area contributed by atoms with Gasteiger partial charge in [0.25, 0.3) is 5.92 Å². The van der Waals surface area contributed by atoms with Gasteiger partial charge >= 0.3 is 12.2 Å². The highest BCUT2D eigenvalue weighted by atomic mass is 19.3. The van der Waals surface area contributed by atoms with Gasteiger partial charge in [-0.15, -0.1) is 0 Å². The summed E-state index contributed by atoms with van der Waals surface area (Å²) in [6.45, 7) is 4.67. The van der Waals surface area contributed by atoms with Gasteiger partial charge in [0.15, 0.2) is 0 Å². The summed E-state index contributed by atoms with van der Waals surface area (Å²) >= 11 is 0. The molecular formula is C20H26F2N2O4. The first-order valence-electron chi connectivity index (χ1n) is 9.37. The number of ether oxygens (including phenoxy) is 2. The van der Waals surface area contributed by atoms with Crippen LogP contribution in [0.2, 0.25) is 0 Å². The van der Waals surface area contributed by atoms with Crippen LogP contribution in [0.15, 0.2) is 30.3 Å². The molecule has 154 valence electrons. The van der Waals surface area contributed by atoms with Gasteiger partial charge in [-0.1, -0.05) is 30.3 Å². The molecule has 3 rings (SSSR count). The summed E-state index contributed by atoms with van der Waals surface area (Å²) in [4.78, 5) is 27.3. The van der Waals surface area contributed by atoms with Crippen molar-refractivity contribution in [2.75, 3.05) is 26.2 Å². The molecule has 2 amide bonds. The summed E-state index contributed by atoms with van der Waals surface area (Å²) in [5.41, 5.74) is 0.133. The summed E-state index contributed by atoms with van der Waals surface area (Å²) in [7, 11) is 0. The molecule has 8 heteroatoms. The minimum Gasteiger partial charge on any atom is -0.445 e. The molecule has 0 radical (unpaired) electrons. The molecule has 0 saturated carbocycles. The van der Waals surface area contributed by atoms with Crippen molar-refractivity contribution in [3.63, 3.8) is 0 Å². The number of amides is 2. The number of hydrogen-bond donors (Lipinski definition) is 0.